The largest absolute Gasteiger partial charge is 0.495 e. The minimum Gasteiger partial charge on any atom is -0.495 e. The van der Waals surface area contributed by atoms with E-state index in [4.69, 9.17) is 15.2 Å². The van der Waals surface area contributed by atoms with Crippen molar-refractivity contribution in [3.8, 4) is 5.75 Å². The Bertz CT molecular complexity index is 562. The molecule has 23 heavy (non-hydrogen) atoms. The van der Waals surface area contributed by atoms with Crippen LogP contribution in [0.25, 0.3) is 0 Å². The molecule has 0 radical (unpaired) electrons. The third-order valence-corrected chi connectivity index (χ3v) is 4.25. The number of nitrogen functional groups attached to an aromatic ring is 1. The number of hydrogen-bond donors (Lipinski definition) is 2. The number of amides is 2. The molecule has 0 atom stereocenters. The Morgan fingerprint density at radius 3 is 2.74 bits per heavy atom. The summed E-state index contributed by atoms with van der Waals surface area (Å²) in [4.78, 5) is 25.6. The summed E-state index contributed by atoms with van der Waals surface area (Å²) in [5.74, 6) is 0.933. The molecule has 1 heterocycles. The number of ether oxygens (including phenoxy) is 2. The molecule has 1 saturated heterocycles. The number of thioether (sulfide) groups is 1. The molecule has 1 aromatic rings. The van der Waals surface area contributed by atoms with Crippen LogP contribution in [0.3, 0.4) is 0 Å². The van der Waals surface area contributed by atoms with Crippen LogP contribution in [0.15, 0.2) is 18.2 Å². The normalized spacial score (nSPS) is 14.4. The third kappa shape index (κ3) is 5.33. The minimum atomic E-state index is -0.172. The van der Waals surface area contributed by atoms with Crippen LogP contribution in [0.2, 0.25) is 0 Å². The maximum Gasteiger partial charge on any atom is 0.234 e. The molecule has 1 aliphatic heterocycles. The maximum atomic E-state index is 11.9. The molecule has 1 aliphatic rings. The molecule has 2 rings (SSSR count). The number of rotatable bonds is 6. The number of morpholine rings is 1. The fraction of sp³-hybridized carbons (Fsp3) is 0.467. The number of benzene rings is 1. The van der Waals surface area contributed by atoms with Gasteiger partial charge in [0.05, 0.1) is 37.5 Å². The van der Waals surface area contributed by atoms with Crippen molar-refractivity contribution in [2.45, 2.75) is 0 Å². The summed E-state index contributed by atoms with van der Waals surface area (Å²) < 4.78 is 10.3. The lowest BCUT2D eigenvalue weighted by atomic mass is 10.2. The molecule has 0 saturated carbocycles. The lowest BCUT2D eigenvalue weighted by molar-refractivity contribution is -0.132. The molecule has 0 aromatic heterocycles. The van der Waals surface area contributed by atoms with Crippen molar-refractivity contribution in [3.63, 3.8) is 0 Å². The maximum absolute atomic E-state index is 11.9. The highest BCUT2D eigenvalue weighted by Crippen LogP contribution is 2.24. The summed E-state index contributed by atoms with van der Waals surface area (Å²) in [5, 5.41) is 2.75. The predicted octanol–water partition coefficient (Wildman–Crippen LogP) is 0.808. The van der Waals surface area contributed by atoms with Crippen molar-refractivity contribution in [1.29, 1.82) is 0 Å². The van der Waals surface area contributed by atoms with Gasteiger partial charge in [0.15, 0.2) is 0 Å². The molecule has 2 amide bonds. The van der Waals surface area contributed by atoms with Gasteiger partial charge in [0.1, 0.15) is 5.75 Å². The number of carbonyl (C=O) groups excluding carboxylic acids is 2. The van der Waals surface area contributed by atoms with E-state index in [1.54, 1.807) is 23.1 Å². The molecule has 7 nitrogen and oxygen atoms in total. The molecular weight excluding hydrogens is 318 g/mol. The topological polar surface area (TPSA) is 93.9 Å². The van der Waals surface area contributed by atoms with Crippen molar-refractivity contribution < 1.29 is 19.1 Å². The van der Waals surface area contributed by atoms with Gasteiger partial charge < -0.3 is 25.4 Å². The van der Waals surface area contributed by atoms with Crippen LogP contribution in [0.1, 0.15) is 0 Å². The van der Waals surface area contributed by atoms with Crippen molar-refractivity contribution >= 4 is 35.0 Å². The Labute approximate surface area is 139 Å². The second-order valence-electron chi connectivity index (χ2n) is 4.99. The molecule has 8 heteroatoms. The smallest absolute Gasteiger partial charge is 0.234 e. The Morgan fingerprint density at radius 1 is 1.35 bits per heavy atom. The van der Waals surface area contributed by atoms with Crippen LogP contribution in [-0.2, 0) is 14.3 Å². The van der Waals surface area contributed by atoms with E-state index in [1.165, 1.54) is 18.9 Å². The van der Waals surface area contributed by atoms with Crippen LogP contribution in [0, 0.1) is 0 Å². The first-order valence-corrected chi connectivity index (χ1v) is 8.42. The van der Waals surface area contributed by atoms with Crippen LogP contribution in [0.4, 0.5) is 11.4 Å². The highest BCUT2D eigenvalue weighted by atomic mass is 32.2. The van der Waals surface area contributed by atoms with E-state index in [-0.39, 0.29) is 23.3 Å². The van der Waals surface area contributed by atoms with Gasteiger partial charge in [0.2, 0.25) is 11.8 Å². The zero-order valence-corrected chi connectivity index (χ0v) is 13.9. The van der Waals surface area contributed by atoms with Gasteiger partial charge in [-0.25, -0.2) is 0 Å². The number of nitrogens with two attached hydrogens (primary N) is 1. The SMILES string of the molecule is COc1ccc(NC(=O)CSCC(=O)N2CCOCC2)cc1N. The second kappa shape index (κ2) is 8.64. The van der Waals surface area contributed by atoms with Gasteiger partial charge in [-0.05, 0) is 18.2 Å². The lowest BCUT2D eigenvalue weighted by Crippen LogP contribution is -2.41. The lowest BCUT2D eigenvalue weighted by Gasteiger charge is -2.26. The van der Waals surface area contributed by atoms with Crippen molar-refractivity contribution in [3.05, 3.63) is 18.2 Å². The van der Waals surface area contributed by atoms with Gasteiger partial charge in [-0.2, -0.15) is 0 Å². The van der Waals surface area contributed by atoms with E-state index in [9.17, 15) is 9.59 Å². The Balaban J connectivity index is 1.72. The fourth-order valence-corrected chi connectivity index (χ4v) is 2.86. The molecular formula is C15H21N3O4S. The Hall–Kier alpha value is -1.93. The predicted molar refractivity (Wildman–Crippen MR) is 90.8 cm³/mol. The number of hydrogen-bond acceptors (Lipinski definition) is 6. The van der Waals surface area contributed by atoms with Crippen LogP contribution in [0.5, 0.6) is 5.75 Å². The number of nitrogens with zero attached hydrogens (tertiary/aromatic N) is 1. The summed E-state index contributed by atoms with van der Waals surface area (Å²) in [6.07, 6.45) is 0. The second-order valence-corrected chi connectivity index (χ2v) is 5.98. The van der Waals surface area contributed by atoms with Gasteiger partial charge in [0.25, 0.3) is 0 Å². The monoisotopic (exact) mass is 339 g/mol. The first kappa shape index (κ1) is 17.4. The van der Waals surface area contributed by atoms with Gasteiger partial charge in [-0.3, -0.25) is 9.59 Å². The number of carbonyl (C=O) groups is 2. The molecule has 0 aliphatic carbocycles. The number of methoxy groups -OCH3 is 1. The number of anilines is 2. The van der Waals surface area contributed by atoms with Gasteiger partial charge in [-0.1, -0.05) is 0 Å². The van der Waals surface area contributed by atoms with E-state index in [1.807, 2.05) is 0 Å². The Morgan fingerprint density at radius 2 is 2.09 bits per heavy atom. The van der Waals surface area contributed by atoms with E-state index in [0.717, 1.165) is 0 Å². The highest BCUT2D eigenvalue weighted by Gasteiger charge is 2.17. The molecule has 1 aromatic carbocycles. The number of nitrogens with one attached hydrogen (secondary N) is 1. The van der Waals surface area contributed by atoms with Gasteiger partial charge in [-0.15, -0.1) is 11.8 Å². The standard InChI is InChI=1S/C15H21N3O4S/c1-21-13-3-2-11(8-12(13)16)17-14(19)9-23-10-15(20)18-4-6-22-7-5-18/h2-3,8H,4-7,9-10,16H2,1H3,(H,17,19). The minimum absolute atomic E-state index is 0.0415. The summed E-state index contributed by atoms with van der Waals surface area (Å²) in [5.41, 5.74) is 6.85. The van der Waals surface area contributed by atoms with Gasteiger partial charge >= 0.3 is 0 Å². The van der Waals surface area contributed by atoms with E-state index in [0.29, 0.717) is 43.4 Å². The third-order valence-electron chi connectivity index (χ3n) is 3.34. The highest BCUT2D eigenvalue weighted by molar-refractivity contribution is 8.00. The molecule has 1 fully saturated rings. The fourth-order valence-electron chi connectivity index (χ4n) is 2.14. The van der Waals surface area contributed by atoms with E-state index >= 15 is 0 Å². The van der Waals surface area contributed by atoms with Gasteiger partial charge in [0, 0.05) is 18.8 Å². The molecule has 0 bridgehead atoms. The quantitative estimate of drug-likeness (QED) is 0.745. The zero-order valence-electron chi connectivity index (χ0n) is 13.0. The molecule has 0 unspecified atom stereocenters. The zero-order chi connectivity index (χ0) is 16.7. The molecule has 3 N–H and O–H groups in total. The Kier molecular flexibility index (Phi) is 6.54. The average molecular weight is 339 g/mol. The average Bonchev–Trinajstić information content (AvgIpc) is 2.55. The van der Waals surface area contributed by atoms with E-state index in [2.05, 4.69) is 5.32 Å². The van der Waals surface area contributed by atoms with Crippen molar-refractivity contribution in [2.75, 3.05) is 56.0 Å². The first-order valence-electron chi connectivity index (χ1n) is 7.27. The van der Waals surface area contributed by atoms with E-state index < -0.39 is 0 Å². The van der Waals surface area contributed by atoms with Crippen molar-refractivity contribution in [2.24, 2.45) is 0 Å². The summed E-state index contributed by atoms with van der Waals surface area (Å²) in [7, 11) is 1.53. The summed E-state index contributed by atoms with van der Waals surface area (Å²) in [6.45, 7) is 2.40. The summed E-state index contributed by atoms with van der Waals surface area (Å²) >= 11 is 1.29. The van der Waals surface area contributed by atoms with Crippen LogP contribution in [-0.4, -0.2) is 61.6 Å². The summed E-state index contributed by atoms with van der Waals surface area (Å²) in [6, 6.07) is 5.05. The van der Waals surface area contributed by atoms with Crippen LogP contribution >= 0.6 is 11.8 Å². The van der Waals surface area contributed by atoms with Crippen LogP contribution < -0.4 is 15.8 Å². The first-order chi connectivity index (χ1) is 11.1. The van der Waals surface area contributed by atoms with Crippen molar-refractivity contribution in [1.82, 2.24) is 4.90 Å². The molecule has 0 spiro atoms. The molecule has 126 valence electrons.